The Morgan fingerprint density at radius 3 is 2.00 bits per heavy atom. The number of amides is 1. The highest BCUT2D eigenvalue weighted by molar-refractivity contribution is 5.84. The van der Waals surface area contributed by atoms with Gasteiger partial charge in [0.25, 0.3) is 0 Å². The fraction of sp³-hybridized carbons (Fsp3) is 0.867. The number of hydrogen-bond donors (Lipinski definition) is 1. The lowest BCUT2D eigenvalue weighted by molar-refractivity contribution is -0.203. The summed E-state index contributed by atoms with van der Waals surface area (Å²) in [5.41, 5.74) is -3.37. The third-order valence-corrected chi connectivity index (χ3v) is 2.94. The van der Waals surface area contributed by atoms with E-state index < -0.39 is 29.0 Å². The van der Waals surface area contributed by atoms with Crippen LogP contribution in [0, 0.1) is 0 Å². The molecule has 0 aromatic rings. The molecular weight excluding hydrogens is 274 g/mol. The first-order valence-electron chi connectivity index (χ1n) is 7.32. The van der Waals surface area contributed by atoms with E-state index in [0.717, 1.165) is 4.90 Å². The summed E-state index contributed by atoms with van der Waals surface area (Å²) in [6, 6.07) is 0. The number of rotatable bonds is 1. The monoisotopic (exact) mass is 301 g/mol. The third kappa shape index (κ3) is 4.88. The van der Waals surface area contributed by atoms with Gasteiger partial charge in [-0.25, -0.2) is 9.59 Å². The summed E-state index contributed by atoms with van der Waals surface area (Å²) in [5, 5.41) is 10.7. The molecule has 6 heteroatoms. The van der Waals surface area contributed by atoms with Crippen molar-refractivity contribution in [2.45, 2.75) is 77.7 Å². The van der Waals surface area contributed by atoms with Crippen molar-refractivity contribution in [1.82, 2.24) is 4.90 Å². The van der Waals surface area contributed by atoms with Crippen LogP contribution >= 0.6 is 0 Å². The van der Waals surface area contributed by atoms with E-state index >= 15 is 0 Å². The topological polar surface area (TPSA) is 76.1 Å². The van der Waals surface area contributed by atoms with E-state index in [2.05, 4.69) is 0 Å². The number of aliphatic hydroxyl groups is 1. The number of nitrogens with zero attached hydrogens (tertiary/aromatic N) is 1. The normalized spacial score (nSPS) is 23.7. The minimum Gasteiger partial charge on any atom is -0.456 e. The Labute approximate surface area is 126 Å². The lowest BCUT2D eigenvalue weighted by Gasteiger charge is -2.42. The van der Waals surface area contributed by atoms with Crippen LogP contribution in [-0.2, 0) is 14.3 Å². The molecule has 1 saturated heterocycles. The summed E-state index contributed by atoms with van der Waals surface area (Å²) in [7, 11) is 0. The van der Waals surface area contributed by atoms with Gasteiger partial charge in [0.2, 0.25) is 5.72 Å². The Hall–Kier alpha value is -1.30. The van der Waals surface area contributed by atoms with E-state index in [1.54, 1.807) is 41.5 Å². The van der Waals surface area contributed by atoms with Gasteiger partial charge in [0, 0.05) is 13.0 Å². The zero-order valence-corrected chi connectivity index (χ0v) is 13.9. The van der Waals surface area contributed by atoms with Crippen molar-refractivity contribution in [2.24, 2.45) is 0 Å². The summed E-state index contributed by atoms with van der Waals surface area (Å²) in [6.07, 6.45) is 0.816. The second-order valence-electron chi connectivity index (χ2n) is 7.41. The fourth-order valence-corrected chi connectivity index (χ4v) is 2.09. The molecule has 1 amide bonds. The highest BCUT2D eigenvalue weighted by Crippen LogP contribution is 2.30. The molecule has 1 aliphatic rings. The SMILES string of the molecule is CC(C)(C)OC(=O)N1CCCCC1(O)C(=O)OC(C)(C)C. The smallest absolute Gasteiger partial charge is 0.413 e. The van der Waals surface area contributed by atoms with E-state index in [1.807, 2.05) is 0 Å². The van der Waals surface area contributed by atoms with Gasteiger partial charge in [-0.1, -0.05) is 0 Å². The van der Waals surface area contributed by atoms with E-state index in [1.165, 1.54) is 0 Å². The summed E-state index contributed by atoms with van der Waals surface area (Å²) in [5.74, 6) is -0.805. The number of piperidine rings is 1. The number of carbonyl (C=O) groups is 2. The summed E-state index contributed by atoms with van der Waals surface area (Å²) in [6.45, 7) is 10.6. The highest BCUT2D eigenvalue weighted by atomic mass is 16.6. The Kier molecular flexibility index (Phi) is 4.93. The molecule has 1 atom stereocenters. The molecule has 1 N–H and O–H groups in total. The largest absolute Gasteiger partial charge is 0.456 e. The summed E-state index contributed by atoms with van der Waals surface area (Å²) < 4.78 is 10.5. The first-order valence-corrected chi connectivity index (χ1v) is 7.32. The maximum absolute atomic E-state index is 12.3. The van der Waals surface area contributed by atoms with Crippen molar-refractivity contribution in [3.63, 3.8) is 0 Å². The second kappa shape index (κ2) is 5.83. The van der Waals surface area contributed by atoms with Gasteiger partial charge in [0.15, 0.2) is 0 Å². The van der Waals surface area contributed by atoms with Crippen LogP contribution < -0.4 is 0 Å². The van der Waals surface area contributed by atoms with Crippen molar-refractivity contribution in [1.29, 1.82) is 0 Å². The molecular formula is C15H27NO5. The number of esters is 1. The number of ether oxygens (including phenoxy) is 2. The molecule has 0 aliphatic carbocycles. The Morgan fingerprint density at radius 2 is 1.52 bits per heavy atom. The van der Waals surface area contributed by atoms with Gasteiger partial charge < -0.3 is 14.6 Å². The van der Waals surface area contributed by atoms with Gasteiger partial charge in [-0.3, -0.25) is 4.90 Å². The van der Waals surface area contributed by atoms with Crippen LogP contribution in [0.3, 0.4) is 0 Å². The van der Waals surface area contributed by atoms with E-state index in [4.69, 9.17) is 9.47 Å². The average Bonchev–Trinajstić information content (AvgIpc) is 2.24. The van der Waals surface area contributed by atoms with Gasteiger partial charge in [0.05, 0.1) is 0 Å². The van der Waals surface area contributed by atoms with E-state index in [0.29, 0.717) is 12.8 Å². The van der Waals surface area contributed by atoms with Crippen LogP contribution in [-0.4, -0.2) is 45.5 Å². The molecule has 1 heterocycles. The second-order valence-corrected chi connectivity index (χ2v) is 7.41. The molecule has 0 aromatic heterocycles. The Balaban J connectivity index is 2.94. The zero-order chi connectivity index (χ0) is 16.5. The van der Waals surface area contributed by atoms with Crippen LogP contribution in [0.25, 0.3) is 0 Å². The molecule has 6 nitrogen and oxygen atoms in total. The van der Waals surface area contributed by atoms with Crippen LogP contribution in [0.2, 0.25) is 0 Å². The predicted octanol–water partition coefficient (Wildman–Crippen LogP) is 2.44. The molecule has 1 fully saturated rings. The molecule has 0 radical (unpaired) electrons. The quantitative estimate of drug-likeness (QED) is 0.753. The van der Waals surface area contributed by atoms with Crippen LogP contribution in [0.5, 0.6) is 0 Å². The highest BCUT2D eigenvalue weighted by Gasteiger charge is 2.50. The zero-order valence-electron chi connectivity index (χ0n) is 13.9. The maximum Gasteiger partial charge on any atom is 0.413 e. The molecule has 21 heavy (non-hydrogen) atoms. The number of carbonyl (C=O) groups excluding carboxylic acids is 2. The predicted molar refractivity (Wildman–Crippen MR) is 77.6 cm³/mol. The van der Waals surface area contributed by atoms with Gasteiger partial charge >= 0.3 is 12.1 Å². The molecule has 0 spiro atoms. The van der Waals surface area contributed by atoms with Crippen molar-refractivity contribution < 1.29 is 24.2 Å². The van der Waals surface area contributed by atoms with Crippen LogP contribution in [0.1, 0.15) is 60.8 Å². The van der Waals surface area contributed by atoms with E-state index in [-0.39, 0.29) is 13.0 Å². The van der Waals surface area contributed by atoms with Crippen molar-refractivity contribution in [2.75, 3.05) is 6.54 Å². The fourth-order valence-electron chi connectivity index (χ4n) is 2.09. The minimum atomic E-state index is -1.95. The molecule has 0 bridgehead atoms. The first-order chi connectivity index (χ1) is 9.35. The van der Waals surface area contributed by atoms with Gasteiger partial charge in [-0.2, -0.15) is 0 Å². The Bertz CT molecular complexity index is 407. The lowest BCUT2D eigenvalue weighted by atomic mass is 9.98. The first kappa shape index (κ1) is 17.8. The van der Waals surface area contributed by atoms with Crippen molar-refractivity contribution >= 4 is 12.1 Å². The van der Waals surface area contributed by atoms with E-state index in [9.17, 15) is 14.7 Å². The standard InChI is InChI=1S/C15H27NO5/c1-13(2,3)20-11(17)15(19)9-7-8-10-16(15)12(18)21-14(4,5)6/h19H,7-10H2,1-6H3. The Morgan fingerprint density at radius 1 is 1.00 bits per heavy atom. The molecule has 0 aromatic carbocycles. The lowest BCUT2D eigenvalue weighted by Crippen LogP contribution is -2.61. The minimum absolute atomic E-state index is 0.154. The summed E-state index contributed by atoms with van der Waals surface area (Å²) >= 11 is 0. The van der Waals surface area contributed by atoms with Gasteiger partial charge in [0.1, 0.15) is 11.2 Å². The average molecular weight is 301 g/mol. The molecule has 1 rings (SSSR count). The summed E-state index contributed by atoms with van der Waals surface area (Å²) in [4.78, 5) is 25.6. The number of likely N-dealkylation sites (tertiary alicyclic amines) is 1. The third-order valence-electron chi connectivity index (χ3n) is 2.94. The molecule has 122 valence electrons. The van der Waals surface area contributed by atoms with Gasteiger partial charge in [-0.15, -0.1) is 0 Å². The van der Waals surface area contributed by atoms with Gasteiger partial charge in [-0.05, 0) is 54.4 Å². The van der Waals surface area contributed by atoms with Crippen LogP contribution in [0.15, 0.2) is 0 Å². The van der Waals surface area contributed by atoms with Crippen molar-refractivity contribution in [3.05, 3.63) is 0 Å². The molecule has 1 unspecified atom stereocenters. The van der Waals surface area contributed by atoms with Crippen molar-refractivity contribution in [3.8, 4) is 0 Å². The number of hydrogen-bond acceptors (Lipinski definition) is 5. The van der Waals surface area contributed by atoms with Crippen LogP contribution in [0.4, 0.5) is 4.79 Å². The molecule has 0 saturated carbocycles. The molecule has 1 aliphatic heterocycles. The maximum atomic E-state index is 12.3.